The third-order valence-electron chi connectivity index (χ3n) is 12.1. The number of carboxylic acid groups (broad SMARTS) is 1. The van der Waals surface area contributed by atoms with Gasteiger partial charge in [-0.2, -0.15) is 8.42 Å². The van der Waals surface area contributed by atoms with Crippen molar-refractivity contribution in [3.8, 4) is 0 Å². The van der Waals surface area contributed by atoms with Gasteiger partial charge in [-0.05, 0) is 115 Å². The molecule has 0 fully saturated rings. The van der Waals surface area contributed by atoms with E-state index in [-0.39, 0.29) is 79.6 Å². The van der Waals surface area contributed by atoms with Crippen LogP contribution in [0.1, 0.15) is 104 Å². The van der Waals surface area contributed by atoms with Crippen LogP contribution in [0.4, 0.5) is 11.6 Å². The number of nitro groups is 2. The molecule has 0 amide bonds. The minimum absolute atomic E-state index is 0.0133. The number of H-pyrrole nitrogens is 2. The van der Waals surface area contributed by atoms with E-state index < -0.39 is 38.0 Å². The quantitative estimate of drug-likeness (QED) is 0.0303. The summed E-state index contributed by atoms with van der Waals surface area (Å²) in [5, 5.41) is 32.8. The Morgan fingerprint density at radius 1 is 0.731 bits per heavy atom. The first-order valence-corrected chi connectivity index (χ1v) is 22.5. The van der Waals surface area contributed by atoms with Crippen molar-refractivity contribution in [2.45, 2.75) is 98.2 Å². The summed E-state index contributed by atoms with van der Waals surface area (Å²) in [5.41, 5.74) is 7.23. The molecule has 1 atom stereocenters. The number of rotatable bonds is 17. The molecule has 22 nitrogen and oxygen atoms in total. The van der Waals surface area contributed by atoms with E-state index in [1.165, 1.54) is 15.3 Å². The first kappa shape index (κ1) is 47.6. The molecule has 7 heterocycles. The molecule has 23 heteroatoms. The molecule has 5 aromatic rings. The van der Waals surface area contributed by atoms with E-state index in [4.69, 9.17) is 19.4 Å². The van der Waals surface area contributed by atoms with Crippen LogP contribution in [-0.2, 0) is 42.3 Å². The minimum atomic E-state index is -4.81. The van der Waals surface area contributed by atoms with Crippen LogP contribution in [0.5, 0.6) is 0 Å². The van der Waals surface area contributed by atoms with Gasteiger partial charge >= 0.3 is 23.6 Å². The Hall–Kier alpha value is -7.37. The monoisotopic (exact) mass is 940 g/mol. The van der Waals surface area contributed by atoms with Crippen molar-refractivity contribution >= 4 is 78.1 Å². The second-order valence-corrected chi connectivity index (χ2v) is 17.6. The SMILES string of the molecule is CC1=C(CCC(=O)O)c2cc3nc(cc4[nH]c(cc5[nH]c(cc1n2)c(C(C)OCCn1c([N+](=O)[O-])cnc1C)c5C)c(S(=O)(=O)O)c4C)C(C)=C3CCC(=O)OCCn1c([N+](=O)[O-])cnc1C. The average Bonchev–Trinajstić information content (AvgIpc) is 4.07. The number of carboxylic acids is 1. The summed E-state index contributed by atoms with van der Waals surface area (Å²) in [5.74, 6) is -1.18. The van der Waals surface area contributed by atoms with Gasteiger partial charge in [-0.25, -0.2) is 29.1 Å². The van der Waals surface area contributed by atoms with Crippen LogP contribution in [0.3, 0.4) is 0 Å². The van der Waals surface area contributed by atoms with Crippen molar-refractivity contribution in [1.29, 1.82) is 0 Å². The Morgan fingerprint density at radius 2 is 1.24 bits per heavy atom. The van der Waals surface area contributed by atoms with Gasteiger partial charge in [0.1, 0.15) is 37.0 Å². The van der Waals surface area contributed by atoms with Crippen molar-refractivity contribution in [3.05, 3.63) is 108 Å². The summed E-state index contributed by atoms with van der Waals surface area (Å²) < 4.78 is 51.2. The number of allylic oxidation sites excluding steroid dienone is 4. The van der Waals surface area contributed by atoms with Crippen LogP contribution in [0.15, 0.2) is 41.6 Å². The van der Waals surface area contributed by atoms with Crippen molar-refractivity contribution in [3.63, 3.8) is 0 Å². The number of hydrogen-bond donors (Lipinski definition) is 4. The maximum Gasteiger partial charge on any atom is 0.342 e. The second-order valence-electron chi connectivity index (χ2n) is 16.2. The normalized spacial score (nSPS) is 13.4. The lowest BCUT2D eigenvalue weighted by molar-refractivity contribution is -0.392. The number of nitrogens with one attached hydrogen (secondary N) is 2. The fourth-order valence-electron chi connectivity index (χ4n) is 8.53. The molecule has 67 heavy (non-hydrogen) atoms. The smallest absolute Gasteiger partial charge is 0.342 e. The van der Waals surface area contributed by atoms with Gasteiger partial charge in [0, 0.05) is 48.8 Å². The molecule has 0 saturated heterocycles. The van der Waals surface area contributed by atoms with E-state index in [1.54, 1.807) is 58.9 Å². The number of nitrogens with zero attached hydrogens (tertiary/aromatic N) is 8. The summed E-state index contributed by atoms with van der Waals surface area (Å²) >= 11 is 0. The van der Waals surface area contributed by atoms with Gasteiger partial charge in [-0.15, -0.1) is 0 Å². The second kappa shape index (κ2) is 18.9. The molecule has 1 unspecified atom stereocenters. The molecule has 0 saturated carbocycles. The fourth-order valence-corrected chi connectivity index (χ4v) is 9.41. The Kier molecular flexibility index (Phi) is 13.4. The van der Waals surface area contributed by atoms with Gasteiger partial charge < -0.3 is 44.8 Å². The van der Waals surface area contributed by atoms with Gasteiger partial charge in [-0.1, -0.05) is 0 Å². The summed E-state index contributed by atoms with van der Waals surface area (Å²) in [4.78, 5) is 71.2. The molecule has 0 spiro atoms. The summed E-state index contributed by atoms with van der Waals surface area (Å²) in [6.45, 7) is 12.1. The molecule has 7 rings (SSSR count). The van der Waals surface area contributed by atoms with Gasteiger partial charge in [-0.3, -0.25) is 14.1 Å². The number of aromatic amines is 2. The number of esters is 1. The number of imidazole rings is 2. The zero-order chi connectivity index (χ0) is 48.6. The standard InChI is InChI=1S/C44H48N10O12S/c1-22-29(8-10-41(55)56)35-19-36-30(9-11-42(57)66-15-13-52-28(7)46-21-40(52)54(60)61)23(2)31(47-36)16-34-25(4)44(67(62,63)64)38(50-34)18-33-24(3)43(37(49-33)17-32(22)48-35)26(5)65-14-12-51-27(6)45-20-39(51)53(58)59/h16-21,26,49-50H,8-15H2,1-7H3,(H,55,56)(H,62,63,64). The molecule has 2 aliphatic rings. The molecular weight excluding hydrogens is 893 g/mol. The number of aliphatic carboxylic acids is 1. The van der Waals surface area contributed by atoms with Crippen LogP contribution in [0.2, 0.25) is 0 Å². The van der Waals surface area contributed by atoms with Crippen molar-refractivity contribution in [2.75, 3.05) is 13.2 Å². The molecule has 352 valence electrons. The molecule has 0 radical (unpaired) electrons. The van der Waals surface area contributed by atoms with Crippen LogP contribution < -0.4 is 0 Å². The van der Waals surface area contributed by atoms with E-state index in [2.05, 4.69) is 19.9 Å². The maximum atomic E-state index is 13.2. The third kappa shape index (κ3) is 9.78. The zero-order valence-corrected chi connectivity index (χ0v) is 38.5. The van der Waals surface area contributed by atoms with E-state index in [0.29, 0.717) is 84.4 Å². The first-order chi connectivity index (χ1) is 31.6. The third-order valence-corrected chi connectivity index (χ3v) is 13.1. The highest BCUT2D eigenvalue weighted by Crippen LogP contribution is 2.39. The van der Waals surface area contributed by atoms with Crippen molar-refractivity contribution in [1.82, 2.24) is 39.0 Å². The van der Waals surface area contributed by atoms with Gasteiger partial charge in [0.25, 0.3) is 10.1 Å². The van der Waals surface area contributed by atoms with Crippen LogP contribution in [0, 0.1) is 47.9 Å². The molecule has 0 aliphatic carbocycles. The average molecular weight is 941 g/mol. The van der Waals surface area contributed by atoms with Gasteiger partial charge in [0.2, 0.25) is 0 Å². The van der Waals surface area contributed by atoms with Crippen molar-refractivity contribution < 1.29 is 47.0 Å². The molecule has 0 aromatic carbocycles. The maximum absolute atomic E-state index is 13.2. The number of aryl methyl sites for hydroxylation is 4. The van der Waals surface area contributed by atoms with E-state index in [1.807, 2.05) is 13.8 Å². The number of ether oxygens (including phenoxy) is 2. The van der Waals surface area contributed by atoms with Crippen LogP contribution in [0.25, 0.3) is 44.4 Å². The molecule has 5 aromatic heterocycles. The first-order valence-electron chi connectivity index (χ1n) is 21.1. The Labute approximate surface area is 382 Å². The number of fused-ring (bicyclic) bond motifs is 8. The van der Waals surface area contributed by atoms with Gasteiger partial charge in [0.05, 0.1) is 41.0 Å². The highest BCUT2D eigenvalue weighted by Gasteiger charge is 2.27. The lowest BCUT2D eigenvalue weighted by Crippen LogP contribution is -2.13. The Balaban J connectivity index is 1.35. The van der Waals surface area contributed by atoms with Crippen LogP contribution in [-0.4, -0.2) is 92.1 Å². The van der Waals surface area contributed by atoms with Crippen molar-refractivity contribution in [2.24, 2.45) is 0 Å². The number of hydrogen-bond acceptors (Lipinski definition) is 14. The molecule has 2 aliphatic heterocycles. The summed E-state index contributed by atoms with van der Waals surface area (Å²) in [6, 6.07) is 6.70. The lowest BCUT2D eigenvalue weighted by Gasteiger charge is -2.14. The molecule has 4 N–H and O–H groups in total. The minimum Gasteiger partial charge on any atom is -0.481 e. The van der Waals surface area contributed by atoms with E-state index in [0.717, 1.165) is 6.20 Å². The topological polar surface area (TPSA) is 306 Å². The van der Waals surface area contributed by atoms with E-state index in [9.17, 15) is 47.9 Å². The summed E-state index contributed by atoms with van der Waals surface area (Å²) in [7, 11) is -4.81. The summed E-state index contributed by atoms with van der Waals surface area (Å²) in [6.07, 6.45) is 1.61. The number of aromatic nitrogens is 8. The highest BCUT2D eigenvalue weighted by molar-refractivity contribution is 7.86. The van der Waals surface area contributed by atoms with E-state index >= 15 is 0 Å². The number of carbonyl (C=O) groups excluding carboxylic acids is 1. The fraction of sp³-hybridized carbons (Fsp3) is 0.364. The van der Waals surface area contributed by atoms with Gasteiger partial charge in [0.15, 0.2) is 11.6 Å². The molecule has 8 bridgehead atoms. The number of carbonyl (C=O) groups is 2. The predicted molar refractivity (Wildman–Crippen MR) is 244 cm³/mol. The zero-order valence-electron chi connectivity index (χ0n) is 37.7. The lowest BCUT2D eigenvalue weighted by atomic mass is 9.98. The van der Waals surface area contributed by atoms with Crippen LogP contribution >= 0.6 is 0 Å². The highest BCUT2D eigenvalue weighted by atomic mass is 32.2. The predicted octanol–water partition coefficient (Wildman–Crippen LogP) is 7.53. The Bertz CT molecular complexity index is 3230. The Morgan fingerprint density at radius 3 is 1.78 bits per heavy atom. The molecular formula is C44H48N10O12S. The largest absolute Gasteiger partial charge is 0.481 e.